The minimum absolute atomic E-state index is 0.153. The molecule has 1 fully saturated rings. The molecule has 19 heavy (non-hydrogen) atoms. The van der Waals surface area contributed by atoms with Crippen molar-refractivity contribution in [2.24, 2.45) is 5.92 Å². The first-order valence-electron chi connectivity index (χ1n) is 7.88. The van der Waals surface area contributed by atoms with Crippen LogP contribution in [-0.4, -0.2) is 18.6 Å². The summed E-state index contributed by atoms with van der Waals surface area (Å²) in [4.78, 5) is 12.5. The van der Waals surface area contributed by atoms with Gasteiger partial charge >= 0.3 is 0 Å². The van der Waals surface area contributed by atoms with Gasteiger partial charge in [0.15, 0.2) is 0 Å². The van der Waals surface area contributed by atoms with Crippen molar-refractivity contribution < 1.29 is 9.90 Å². The van der Waals surface area contributed by atoms with Crippen LogP contribution >= 0.6 is 0 Å². The molecule has 0 atom stereocenters. The fraction of sp³-hybridized carbons (Fsp3) is 0.812. The second-order valence-electron chi connectivity index (χ2n) is 6.50. The third kappa shape index (κ3) is 4.20. The Kier molecular flexibility index (Phi) is 6.31. The Morgan fingerprint density at radius 3 is 2.21 bits per heavy atom. The van der Waals surface area contributed by atoms with Gasteiger partial charge in [-0.05, 0) is 18.4 Å². The van der Waals surface area contributed by atoms with E-state index in [1.54, 1.807) is 6.08 Å². The molecular formula is C16H30O2Si. The Morgan fingerprint density at radius 2 is 1.74 bits per heavy atom. The van der Waals surface area contributed by atoms with Crippen molar-refractivity contribution in [3.8, 4) is 0 Å². The molecule has 1 aliphatic carbocycles. The lowest BCUT2D eigenvalue weighted by molar-refractivity contribution is -0.109. The summed E-state index contributed by atoms with van der Waals surface area (Å²) in [5.74, 6) is 0.464. The maximum atomic E-state index is 12.5. The standard InChI is InChI=1S/C16H30O2Si/c1-5-13(6-2)15(17)12-16(18)19(3,4)14-10-8-7-9-11-14/h12-14,17H,5-11H2,1-4H3/b15-12-. The van der Waals surface area contributed by atoms with E-state index < -0.39 is 8.07 Å². The Morgan fingerprint density at radius 1 is 1.21 bits per heavy atom. The second-order valence-corrected chi connectivity index (χ2v) is 11.3. The Hall–Kier alpha value is -0.573. The molecule has 0 aromatic carbocycles. The number of carbonyl (C=O) groups is 1. The van der Waals surface area contributed by atoms with Crippen LogP contribution in [0, 0.1) is 5.92 Å². The van der Waals surface area contributed by atoms with E-state index in [4.69, 9.17) is 0 Å². The molecule has 2 nitrogen and oxygen atoms in total. The lowest BCUT2D eigenvalue weighted by Gasteiger charge is -2.33. The maximum absolute atomic E-state index is 12.5. The van der Waals surface area contributed by atoms with Crippen molar-refractivity contribution in [3.05, 3.63) is 11.8 Å². The number of hydrogen-bond acceptors (Lipinski definition) is 2. The number of aliphatic hydroxyl groups is 1. The summed E-state index contributed by atoms with van der Waals surface area (Å²) in [7, 11) is -1.92. The summed E-state index contributed by atoms with van der Waals surface area (Å²) in [5, 5.41) is 10.3. The van der Waals surface area contributed by atoms with Gasteiger partial charge in [-0.1, -0.05) is 59.0 Å². The minimum Gasteiger partial charge on any atom is -0.512 e. The predicted octanol–water partition coefficient (Wildman–Crippen LogP) is 5.02. The third-order valence-corrected chi connectivity index (χ3v) is 8.98. The van der Waals surface area contributed by atoms with E-state index in [1.807, 2.05) is 0 Å². The van der Waals surface area contributed by atoms with Crippen molar-refractivity contribution in [3.63, 3.8) is 0 Å². The summed E-state index contributed by atoms with van der Waals surface area (Å²) >= 11 is 0. The fourth-order valence-corrected chi connectivity index (χ4v) is 5.94. The molecule has 0 bridgehead atoms. The van der Waals surface area contributed by atoms with E-state index >= 15 is 0 Å². The van der Waals surface area contributed by atoms with Crippen molar-refractivity contribution in [1.82, 2.24) is 0 Å². The van der Waals surface area contributed by atoms with Crippen LogP contribution in [0.2, 0.25) is 18.6 Å². The SMILES string of the molecule is CCC(CC)/C(O)=C/C(=O)[Si](C)(C)C1CCCCC1. The monoisotopic (exact) mass is 282 g/mol. The second kappa shape index (κ2) is 7.27. The van der Waals surface area contributed by atoms with Gasteiger partial charge in [-0.25, -0.2) is 0 Å². The number of aliphatic hydroxyl groups excluding tert-OH is 1. The van der Waals surface area contributed by atoms with E-state index in [0.717, 1.165) is 12.8 Å². The quantitative estimate of drug-likeness (QED) is 0.422. The zero-order valence-electron chi connectivity index (χ0n) is 13.0. The van der Waals surface area contributed by atoms with Gasteiger partial charge in [-0.3, -0.25) is 0 Å². The van der Waals surface area contributed by atoms with Crippen LogP contribution in [0.25, 0.3) is 0 Å². The van der Waals surface area contributed by atoms with Crippen LogP contribution in [0.4, 0.5) is 0 Å². The van der Waals surface area contributed by atoms with Gasteiger partial charge in [0.2, 0.25) is 0 Å². The molecule has 0 aromatic rings. The molecule has 0 spiro atoms. The maximum Gasteiger partial charge on any atom is 0.136 e. The molecule has 1 saturated carbocycles. The molecule has 0 unspecified atom stereocenters. The van der Waals surface area contributed by atoms with Gasteiger partial charge in [0.05, 0.1) is 5.76 Å². The molecule has 0 aromatic heterocycles. The number of rotatable bonds is 6. The number of hydrogen-bond donors (Lipinski definition) is 1. The molecule has 1 rings (SSSR count). The molecule has 3 heteroatoms. The van der Waals surface area contributed by atoms with Gasteiger partial charge in [-0.2, -0.15) is 0 Å². The summed E-state index contributed by atoms with van der Waals surface area (Å²) in [6.07, 6.45) is 9.67. The average Bonchev–Trinajstić information content (AvgIpc) is 2.41. The van der Waals surface area contributed by atoms with Crippen LogP contribution < -0.4 is 0 Å². The summed E-state index contributed by atoms with van der Waals surface area (Å²) < 4.78 is 0. The van der Waals surface area contributed by atoms with E-state index in [1.165, 1.54) is 32.1 Å². The molecule has 0 aliphatic heterocycles. The molecule has 0 amide bonds. The number of allylic oxidation sites excluding steroid dienone is 2. The van der Waals surface area contributed by atoms with Crippen LogP contribution in [0.1, 0.15) is 58.8 Å². The molecule has 0 heterocycles. The first-order valence-corrected chi connectivity index (χ1v) is 11.0. The lowest BCUT2D eigenvalue weighted by atomic mass is 10.0. The van der Waals surface area contributed by atoms with E-state index in [-0.39, 0.29) is 11.3 Å². The molecule has 0 radical (unpaired) electrons. The Bertz CT molecular complexity index is 324. The van der Waals surface area contributed by atoms with E-state index in [2.05, 4.69) is 26.9 Å². The molecule has 1 aliphatic rings. The first-order chi connectivity index (χ1) is 8.93. The van der Waals surface area contributed by atoms with Crippen molar-refractivity contribution >= 4 is 13.5 Å². The largest absolute Gasteiger partial charge is 0.512 e. The van der Waals surface area contributed by atoms with E-state index in [9.17, 15) is 9.90 Å². The minimum atomic E-state index is -1.92. The first kappa shape index (κ1) is 16.5. The highest BCUT2D eigenvalue weighted by Crippen LogP contribution is 2.37. The average molecular weight is 282 g/mol. The van der Waals surface area contributed by atoms with Crippen molar-refractivity contribution in [2.45, 2.75) is 77.4 Å². The third-order valence-electron chi connectivity index (χ3n) is 4.94. The Balaban J connectivity index is 2.76. The molecule has 1 N–H and O–H groups in total. The summed E-state index contributed by atoms with van der Waals surface area (Å²) in [6, 6.07) is 0. The lowest BCUT2D eigenvalue weighted by Crippen LogP contribution is -2.42. The highest BCUT2D eigenvalue weighted by molar-refractivity contribution is 7.06. The molecule has 110 valence electrons. The van der Waals surface area contributed by atoms with Crippen molar-refractivity contribution in [2.75, 3.05) is 0 Å². The zero-order chi connectivity index (χ0) is 14.5. The smallest absolute Gasteiger partial charge is 0.136 e. The van der Waals surface area contributed by atoms with Gasteiger partial charge in [0.1, 0.15) is 13.5 Å². The number of carbonyl (C=O) groups excluding carboxylic acids is 1. The molecule has 0 saturated heterocycles. The summed E-state index contributed by atoms with van der Waals surface area (Å²) in [6.45, 7) is 8.49. The van der Waals surface area contributed by atoms with Gasteiger partial charge < -0.3 is 9.90 Å². The Labute approximate surface area is 119 Å². The topological polar surface area (TPSA) is 37.3 Å². The fourth-order valence-electron chi connectivity index (χ4n) is 3.17. The van der Waals surface area contributed by atoms with Crippen LogP contribution in [0.5, 0.6) is 0 Å². The van der Waals surface area contributed by atoms with Gasteiger partial charge in [-0.15, -0.1) is 0 Å². The highest BCUT2D eigenvalue weighted by Gasteiger charge is 2.38. The van der Waals surface area contributed by atoms with Gasteiger partial charge in [0.25, 0.3) is 0 Å². The molecular weight excluding hydrogens is 252 g/mol. The zero-order valence-corrected chi connectivity index (χ0v) is 14.0. The van der Waals surface area contributed by atoms with Gasteiger partial charge in [0, 0.05) is 12.0 Å². The normalized spacial score (nSPS) is 18.9. The van der Waals surface area contributed by atoms with Crippen molar-refractivity contribution in [1.29, 1.82) is 0 Å². The van der Waals surface area contributed by atoms with Crippen LogP contribution in [0.3, 0.4) is 0 Å². The van der Waals surface area contributed by atoms with Crippen LogP contribution in [-0.2, 0) is 4.79 Å². The summed E-state index contributed by atoms with van der Waals surface area (Å²) in [5.41, 5.74) is 0.611. The van der Waals surface area contributed by atoms with E-state index in [0.29, 0.717) is 11.3 Å². The highest BCUT2D eigenvalue weighted by atomic mass is 28.3. The van der Waals surface area contributed by atoms with Crippen LogP contribution in [0.15, 0.2) is 11.8 Å². The predicted molar refractivity (Wildman–Crippen MR) is 84.1 cm³/mol.